The zero-order chi connectivity index (χ0) is 15.1. The fourth-order valence-electron chi connectivity index (χ4n) is 2.31. The van der Waals surface area contributed by atoms with Gasteiger partial charge in [0.1, 0.15) is 21.9 Å². The second-order valence-corrected chi connectivity index (χ2v) is 5.51. The minimum absolute atomic E-state index is 0.106. The Labute approximate surface area is 134 Å². The van der Waals surface area contributed by atoms with Gasteiger partial charge in [-0.1, -0.05) is 0 Å². The van der Waals surface area contributed by atoms with Gasteiger partial charge in [-0.05, 0) is 46.3 Å². The molecule has 0 fully saturated rings. The number of halogens is 1. The molecule has 1 aromatic heterocycles. The smallest absolute Gasteiger partial charge is 0.231 e. The standard InChI is InChI=1S/C16H10BrNO4/c17-16-11-3-1-9(5-12(11)13(19)7-18-16)22-10-2-4-14-15(6-10)21-8-20-14/h1-7,19H,8H2. The van der Waals surface area contributed by atoms with E-state index in [-0.39, 0.29) is 12.5 Å². The lowest BCUT2D eigenvalue weighted by Gasteiger charge is -2.09. The van der Waals surface area contributed by atoms with Gasteiger partial charge in [0.25, 0.3) is 0 Å². The molecule has 4 rings (SSSR count). The van der Waals surface area contributed by atoms with Crippen LogP contribution in [-0.4, -0.2) is 16.9 Å². The fraction of sp³-hybridized carbons (Fsp3) is 0.0625. The third-order valence-corrected chi connectivity index (χ3v) is 4.00. The predicted octanol–water partition coefficient (Wildman–Crippen LogP) is 4.22. The second kappa shape index (κ2) is 5.06. The maximum absolute atomic E-state index is 9.94. The number of aromatic hydroxyl groups is 1. The first-order valence-electron chi connectivity index (χ1n) is 6.55. The van der Waals surface area contributed by atoms with Gasteiger partial charge in [0, 0.05) is 16.8 Å². The first kappa shape index (κ1) is 13.2. The molecule has 0 atom stereocenters. The van der Waals surface area contributed by atoms with Gasteiger partial charge in [-0.2, -0.15) is 0 Å². The van der Waals surface area contributed by atoms with Crippen molar-refractivity contribution in [3.63, 3.8) is 0 Å². The van der Waals surface area contributed by atoms with Crippen molar-refractivity contribution in [1.29, 1.82) is 0 Å². The number of hydrogen-bond donors (Lipinski definition) is 1. The van der Waals surface area contributed by atoms with E-state index in [0.717, 1.165) is 5.39 Å². The first-order valence-corrected chi connectivity index (χ1v) is 7.35. The summed E-state index contributed by atoms with van der Waals surface area (Å²) in [6, 6.07) is 10.8. The molecule has 110 valence electrons. The largest absolute Gasteiger partial charge is 0.506 e. The van der Waals surface area contributed by atoms with Crippen LogP contribution in [0.5, 0.6) is 28.7 Å². The molecular weight excluding hydrogens is 350 g/mol. The van der Waals surface area contributed by atoms with Crippen LogP contribution in [0.15, 0.2) is 47.2 Å². The number of fused-ring (bicyclic) bond motifs is 2. The van der Waals surface area contributed by atoms with Crippen LogP contribution in [0.3, 0.4) is 0 Å². The van der Waals surface area contributed by atoms with E-state index in [1.807, 2.05) is 12.1 Å². The highest BCUT2D eigenvalue weighted by Gasteiger charge is 2.14. The number of ether oxygens (including phenoxy) is 3. The summed E-state index contributed by atoms with van der Waals surface area (Å²) >= 11 is 3.36. The molecule has 0 bridgehead atoms. The first-order chi connectivity index (χ1) is 10.7. The third-order valence-electron chi connectivity index (χ3n) is 3.37. The Morgan fingerprint density at radius 2 is 1.77 bits per heavy atom. The van der Waals surface area contributed by atoms with Crippen LogP contribution in [0.4, 0.5) is 0 Å². The molecule has 0 saturated heterocycles. The summed E-state index contributed by atoms with van der Waals surface area (Å²) < 4.78 is 17.1. The van der Waals surface area contributed by atoms with E-state index in [1.54, 1.807) is 24.3 Å². The van der Waals surface area contributed by atoms with Crippen molar-refractivity contribution >= 4 is 26.7 Å². The van der Waals surface area contributed by atoms with Crippen molar-refractivity contribution in [3.05, 3.63) is 47.2 Å². The maximum atomic E-state index is 9.94. The maximum Gasteiger partial charge on any atom is 0.231 e. The molecule has 0 aliphatic carbocycles. The predicted molar refractivity (Wildman–Crippen MR) is 83.7 cm³/mol. The molecule has 2 aromatic carbocycles. The van der Waals surface area contributed by atoms with E-state index in [2.05, 4.69) is 20.9 Å². The van der Waals surface area contributed by atoms with E-state index in [9.17, 15) is 5.11 Å². The average Bonchev–Trinajstić information content (AvgIpc) is 2.99. The average molecular weight is 360 g/mol. The van der Waals surface area contributed by atoms with E-state index in [1.165, 1.54) is 6.20 Å². The number of rotatable bonds is 2. The lowest BCUT2D eigenvalue weighted by molar-refractivity contribution is 0.174. The van der Waals surface area contributed by atoms with Crippen molar-refractivity contribution in [3.8, 4) is 28.7 Å². The van der Waals surface area contributed by atoms with Crippen molar-refractivity contribution in [2.75, 3.05) is 6.79 Å². The van der Waals surface area contributed by atoms with Crippen LogP contribution < -0.4 is 14.2 Å². The van der Waals surface area contributed by atoms with Crippen LogP contribution in [0.1, 0.15) is 0 Å². The molecule has 3 aromatic rings. The Balaban J connectivity index is 1.71. The van der Waals surface area contributed by atoms with E-state index in [0.29, 0.717) is 33.0 Å². The third kappa shape index (κ3) is 2.21. The fourth-order valence-corrected chi connectivity index (χ4v) is 2.76. The van der Waals surface area contributed by atoms with Gasteiger partial charge >= 0.3 is 0 Å². The van der Waals surface area contributed by atoms with Gasteiger partial charge < -0.3 is 19.3 Å². The summed E-state index contributed by atoms with van der Waals surface area (Å²) in [4.78, 5) is 4.06. The molecule has 22 heavy (non-hydrogen) atoms. The minimum Gasteiger partial charge on any atom is -0.506 e. The topological polar surface area (TPSA) is 60.8 Å². The van der Waals surface area contributed by atoms with Crippen LogP contribution >= 0.6 is 15.9 Å². The molecular formula is C16H10BrNO4. The SMILES string of the molecule is Oc1cnc(Br)c2ccc(Oc3ccc4c(c3)OCO4)cc12. The van der Waals surface area contributed by atoms with Crippen LogP contribution in [0.25, 0.3) is 10.8 Å². The number of nitrogens with zero attached hydrogens (tertiary/aromatic N) is 1. The molecule has 1 N–H and O–H groups in total. The summed E-state index contributed by atoms with van der Waals surface area (Å²) in [6.45, 7) is 0.226. The summed E-state index contributed by atoms with van der Waals surface area (Å²) in [5.74, 6) is 2.72. The lowest BCUT2D eigenvalue weighted by atomic mass is 10.1. The van der Waals surface area contributed by atoms with Gasteiger partial charge in [0.05, 0.1) is 6.20 Å². The Kier molecular flexibility index (Phi) is 3.04. The summed E-state index contributed by atoms with van der Waals surface area (Å²) in [5, 5.41) is 11.4. The highest BCUT2D eigenvalue weighted by molar-refractivity contribution is 9.10. The molecule has 0 radical (unpaired) electrons. The van der Waals surface area contributed by atoms with E-state index < -0.39 is 0 Å². The van der Waals surface area contributed by atoms with Gasteiger partial charge in [0.15, 0.2) is 11.5 Å². The second-order valence-electron chi connectivity index (χ2n) is 4.76. The van der Waals surface area contributed by atoms with Crippen LogP contribution in [0, 0.1) is 0 Å². The number of hydrogen-bond acceptors (Lipinski definition) is 5. The molecule has 1 aliphatic rings. The monoisotopic (exact) mass is 359 g/mol. The Bertz CT molecular complexity index is 881. The molecule has 0 saturated carbocycles. The molecule has 0 spiro atoms. The molecule has 1 aliphatic heterocycles. The van der Waals surface area contributed by atoms with Gasteiger partial charge in [-0.25, -0.2) is 4.98 Å². The Hall–Kier alpha value is -2.47. The summed E-state index contributed by atoms with van der Waals surface area (Å²) in [6.07, 6.45) is 1.40. The van der Waals surface area contributed by atoms with Crippen molar-refractivity contribution in [2.45, 2.75) is 0 Å². The van der Waals surface area contributed by atoms with Gasteiger partial charge in [-0.15, -0.1) is 0 Å². The molecule has 0 amide bonds. The summed E-state index contributed by atoms with van der Waals surface area (Å²) in [5.41, 5.74) is 0. The van der Waals surface area contributed by atoms with Crippen molar-refractivity contribution in [2.24, 2.45) is 0 Å². The van der Waals surface area contributed by atoms with Crippen LogP contribution in [0.2, 0.25) is 0 Å². The number of pyridine rings is 1. The zero-order valence-corrected chi connectivity index (χ0v) is 12.8. The van der Waals surface area contributed by atoms with Gasteiger partial charge in [0.2, 0.25) is 6.79 Å². The normalized spacial score (nSPS) is 12.6. The molecule has 5 nitrogen and oxygen atoms in total. The van der Waals surface area contributed by atoms with E-state index in [4.69, 9.17) is 14.2 Å². The molecule has 2 heterocycles. The highest BCUT2D eigenvalue weighted by atomic mass is 79.9. The number of benzene rings is 2. The quantitative estimate of drug-likeness (QED) is 0.694. The zero-order valence-electron chi connectivity index (χ0n) is 11.2. The molecule has 6 heteroatoms. The highest BCUT2D eigenvalue weighted by Crippen LogP contribution is 2.38. The Morgan fingerprint density at radius 1 is 1.00 bits per heavy atom. The Morgan fingerprint density at radius 3 is 2.68 bits per heavy atom. The molecule has 0 unspecified atom stereocenters. The van der Waals surface area contributed by atoms with Crippen molar-refractivity contribution in [1.82, 2.24) is 4.98 Å². The van der Waals surface area contributed by atoms with E-state index >= 15 is 0 Å². The van der Waals surface area contributed by atoms with Crippen LogP contribution in [-0.2, 0) is 0 Å². The minimum atomic E-state index is 0.106. The van der Waals surface area contributed by atoms with Crippen molar-refractivity contribution < 1.29 is 19.3 Å². The van der Waals surface area contributed by atoms with Gasteiger partial charge in [-0.3, -0.25) is 0 Å². The summed E-state index contributed by atoms with van der Waals surface area (Å²) in [7, 11) is 0. The number of aromatic nitrogens is 1. The lowest BCUT2D eigenvalue weighted by Crippen LogP contribution is -1.92.